The summed E-state index contributed by atoms with van der Waals surface area (Å²) in [6.45, 7) is 0. The number of halogens is 1. The number of hydrogen-bond donors (Lipinski definition) is 2. The van der Waals surface area contributed by atoms with Crippen molar-refractivity contribution in [2.24, 2.45) is 5.84 Å². The van der Waals surface area contributed by atoms with Crippen molar-refractivity contribution in [3.8, 4) is 0 Å². The average Bonchev–Trinajstić information content (AvgIpc) is 3.45. The van der Waals surface area contributed by atoms with Crippen LogP contribution < -0.4 is 11.2 Å². The third-order valence-corrected chi connectivity index (χ3v) is 3.76. The van der Waals surface area contributed by atoms with Crippen LogP contribution in [-0.4, -0.2) is 30.5 Å². The van der Waals surface area contributed by atoms with Gasteiger partial charge in [0.1, 0.15) is 5.82 Å². The molecule has 0 aliphatic heterocycles. The lowest BCUT2D eigenvalue weighted by Gasteiger charge is -2.10. The van der Waals surface area contributed by atoms with E-state index in [4.69, 9.17) is 5.84 Å². The lowest BCUT2D eigenvalue weighted by Crippen LogP contribution is -2.23. The van der Waals surface area contributed by atoms with E-state index in [1.807, 2.05) is 19.2 Å². The number of carbonyl (C=O) groups excluding carboxylic acids is 1. The Morgan fingerprint density at radius 3 is 2.60 bits per heavy atom. The summed E-state index contributed by atoms with van der Waals surface area (Å²) in [7, 11) is 3.39. The first kappa shape index (κ1) is 18.6. The van der Waals surface area contributed by atoms with Crippen molar-refractivity contribution in [2.45, 2.75) is 18.8 Å². The normalized spacial score (nSPS) is 13.1. The second-order valence-electron chi connectivity index (χ2n) is 5.84. The molecule has 0 bridgehead atoms. The Morgan fingerprint density at radius 1 is 1.32 bits per heavy atom. The van der Waals surface area contributed by atoms with Gasteiger partial charge in [0.05, 0.1) is 5.69 Å². The van der Waals surface area contributed by atoms with Crippen LogP contribution in [0.1, 0.15) is 35.6 Å². The zero-order chi connectivity index (χ0) is 18.2. The second-order valence-corrected chi connectivity index (χ2v) is 5.84. The van der Waals surface area contributed by atoms with Crippen LogP contribution in [0.3, 0.4) is 0 Å². The Kier molecular flexibility index (Phi) is 6.65. The molecule has 132 valence electrons. The Hall–Kier alpha value is -2.73. The first-order valence-corrected chi connectivity index (χ1v) is 8.08. The Balaban J connectivity index is 0.000000399. The quantitative estimate of drug-likeness (QED) is 0.379. The highest BCUT2D eigenvalue weighted by Gasteiger charge is 2.26. The van der Waals surface area contributed by atoms with E-state index >= 15 is 0 Å². The van der Waals surface area contributed by atoms with Crippen molar-refractivity contribution in [1.29, 1.82) is 0 Å². The van der Waals surface area contributed by atoms with E-state index < -0.39 is 0 Å². The van der Waals surface area contributed by atoms with Crippen molar-refractivity contribution >= 4 is 24.2 Å². The number of benzene rings is 1. The number of nitrogens with zero attached hydrogens (tertiary/aromatic N) is 2. The number of hydrogen-bond acceptors (Lipinski definition) is 4. The van der Waals surface area contributed by atoms with Gasteiger partial charge >= 0.3 is 0 Å². The van der Waals surface area contributed by atoms with Crippen molar-refractivity contribution < 1.29 is 9.18 Å². The number of rotatable bonds is 5. The molecule has 0 radical (unpaired) electrons. The lowest BCUT2D eigenvalue weighted by atomic mass is 10.0. The van der Waals surface area contributed by atoms with Gasteiger partial charge in [-0.3, -0.25) is 14.8 Å². The Morgan fingerprint density at radius 2 is 2.04 bits per heavy atom. The van der Waals surface area contributed by atoms with Gasteiger partial charge in [0, 0.05) is 31.5 Å². The molecule has 1 saturated carbocycles. The van der Waals surface area contributed by atoms with Crippen molar-refractivity contribution in [3.63, 3.8) is 0 Å². The summed E-state index contributed by atoms with van der Waals surface area (Å²) in [6, 6.07) is 9.11. The highest BCUT2D eigenvalue weighted by molar-refractivity contribution is 5.78. The molecule has 1 aromatic carbocycles. The molecule has 1 aromatic heterocycles. The molecule has 1 aliphatic rings. The largest absolute Gasteiger partial charge is 0.388 e. The minimum absolute atomic E-state index is 0.260. The number of pyridine rings is 1. The first-order valence-electron chi connectivity index (χ1n) is 8.08. The number of amides is 1. The van der Waals surface area contributed by atoms with Crippen LogP contribution >= 0.6 is 0 Å². The van der Waals surface area contributed by atoms with Crippen LogP contribution in [0.4, 0.5) is 10.1 Å². The molecule has 5 nitrogen and oxygen atoms in total. The number of aromatic nitrogens is 1. The van der Waals surface area contributed by atoms with E-state index in [0.29, 0.717) is 18.0 Å². The third kappa shape index (κ3) is 5.69. The fourth-order valence-corrected chi connectivity index (χ4v) is 2.42. The van der Waals surface area contributed by atoms with Crippen molar-refractivity contribution in [3.05, 3.63) is 59.2 Å². The molecule has 2 aromatic rings. The van der Waals surface area contributed by atoms with Gasteiger partial charge in [-0.1, -0.05) is 18.2 Å². The summed E-state index contributed by atoms with van der Waals surface area (Å²) < 4.78 is 13.2. The fraction of sp³-hybridized carbons (Fsp3) is 0.263. The zero-order valence-corrected chi connectivity index (χ0v) is 14.4. The lowest BCUT2D eigenvalue weighted by molar-refractivity contribution is -0.117. The number of nitrogens with two attached hydrogens (primary N) is 1. The molecule has 6 heteroatoms. The SMILES string of the molecule is CN(N)C=O.CNc1cccc(C2CC2)c1/C=C/c1cc(F)ccn1. The standard InChI is InChI=1S/C17H17FN2.C2H6N2O/c1-19-17-4-2-3-15(12-5-6-12)16(17)8-7-14-11-13(18)9-10-20-14;1-4(3)2-5/h2-4,7-12,19H,5-6H2,1H3;2H,3H2,1H3/b8-7+;. The predicted octanol–water partition coefficient (Wildman–Crippen LogP) is 3.26. The Labute approximate surface area is 147 Å². The maximum absolute atomic E-state index is 13.2. The van der Waals surface area contributed by atoms with E-state index in [2.05, 4.69) is 28.5 Å². The van der Waals surface area contributed by atoms with Crippen LogP contribution in [0.5, 0.6) is 0 Å². The molecule has 1 aliphatic carbocycles. The number of nitrogens with one attached hydrogen (secondary N) is 1. The fourth-order valence-electron chi connectivity index (χ4n) is 2.42. The molecule has 0 spiro atoms. The molecule has 0 atom stereocenters. The summed E-state index contributed by atoms with van der Waals surface area (Å²) in [5.41, 5.74) is 4.28. The van der Waals surface area contributed by atoms with Crippen molar-refractivity contribution in [1.82, 2.24) is 9.99 Å². The van der Waals surface area contributed by atoms with E-state index in [1.54, 1.807) is 0 Å². The van der Waals surface area contributed by atoms with Gasteiger partial charge in [-0.25, -0.2) is 10.2 Å². The summed E-state index contributed by atoms with van der Waals surface area (Å²) >= 11 is 0. The maximum Gasteiger partial charge on any atom is 0.223 e. The topological polar surface area (TPSA) is 71.2 Å². The molecule has 25 heavy (non-hydrogen) atoms. The van der Waals surface area contributed by atoms with Crippen molar-refractivity contribution in [2.75, 3.05) is 19.4 Å². The molecule has 3 rings (SSSR count). The average molecular weight is 342 g/mol. The maximum atomic E-state index is 13.2. The smallest absolute Gasteiger partial charge is 0.223 e. The van der Waals surface area contributed by atoms with Gasteiger partial charge in [-0.05, 0) is 48.6 Å². The highest BCUT2D eigenvalue weighted by atomic mass is 19.1. The van der Waals surface area contributed by atoms with E-state index in [0.717, 1.165) is 10.7 Å². The zero-order valence-electron chi connectivity index (χ0n) is 14.4. The first-order chi connectivity index (χ1) is 12.0. The summed E-state index contributed by atoms with van der Waals surface area (Å²) in [4.78, 5) is 13.5. The summed E-state index contributed by atoms with van der Waals surface area (Å²) in [5, 5.41) is 4.16. The molecule has 0 unspecified atom stereocenters. The van der Waals surface area contributed by atoms with Crippen LogP contribution in [0, 0.1) is 5.82 Å². The Bertz CT molecular complexity index is 742. The molecule has 3 N–H and O–H groups in total. The number of hydrazine groups is 1. The van der Waals surface area contributed by atoms with E-state index in [-0.39, 0.29) is 5.82 Å². The molecular weight excluding hydrogens is 319 g/mol. The van der Waals surface area contributed by atoms with Crippen LogP contribution in [0.25, 0.3) is 12.2 Å². The van der Waals surface area contributed by atoms with Gasteiger partial charge in [0.25, 0.3) is 0 Å². The minimum Gasteiger partial charge on any atom is -0.388 e. The van der Waals surface area contributed by atoms with Crippen LogP contribution in [0.15, 0.2) is 36.5 Å². The molecular formula is C19H23FN4O. The molecule has 1 amide bonds. The van der Waals surface area contributed by atoms with Gasteiger partial charge in [-0.15, -0.1) is 0 Å². The minimum atomic E-state index is -0.260. The van der Waals surface area contributed by atoms with Gasteiger partial charge in [0.15, 0.2) is 0 Å². The van der Waals surface area contributed by atoms with Gasteiger partial charge in [0.2, 0.25) is 6.41 Å². The number of carbonyl (C=O) groups is 1. The predicted molar refractivity (Wildman–Crippen MR) is 99.1 cm³/mol. The van der Waals surface area contributed by atoms with Crippen LogP contribution in [-0.2, 0) is 4.79 Å². The summed E-state index contributed by atoms with van der Waals surface area (Å²) in [5.74, 6) is 5.17. The second kappa shape index (κ2) is 8.94. The third-order valence-electron chi connectivity index (χ3n) is 3.76. The highest BCUT2D eigenvalue weighted by Crippen LogP contribution is 2.43. The van der Waals surface area contributed by atoms with Gasteiger partial charge in [-0.2, -0.15) is 0 Å². The monoisotopic (exact) mass is 342 g/mol. The van der Waals surface area contributed by atoms with Crippen LogP contribution in [0.2, 0.25) is 0 Å². The van der Waals surface area contributed by atoms with Gasteiger partial charge < -0.3 is 5.32 Å². The number of anilines is 1. The van der Waals surface area contributed by atoms with E-state index in [9.17, 15) is 9.18 Å². The van der Waals surface area contributed by atoms with E-state index in [1.165, 1.54) is 49.3 Å². The summed E-state index contributed by atoms with van der Waals surface area (Å²) in [6.07, 6.45) is 8.42. The molecule has 0 saturated heterocycles. The molecule has 1 fully saturated rings. The molecule has 1 heterocycles.